The fraction of sp³-hybridized carbons (Fsp3) is 0.760. The first-order chi connectivity index (χ1) is 18.4. The van der Waals surface area contributed by atoms with Crippen LogP contribution >= 0.6 is 0 Å². The van der Waals surface area contributed by atoms with Crippen LogP contribution in [0.15, 0.2) is 0 Å². The summed E-state index contributed by atoms with van der Waals surface area (Å²) in [6, 6.07) is 0. The summed E-state index contributed by atoms with van der Waals surface area (Å²) in [5, 5.41) is 8.14. The number of carbonyl (C=O) groups excluding carboxylic acids is 3. The smallest absolute Gasteiger partial charge is 0.222 e. The number of nitrogens with two attached hydrogens (primary N) is 1. The second-order valence-electron chi connectivity index (χ2n) is 8.16. The predicted octanol–water partition coefficient (Wildman–Crippen LogP) is -1.20. The van der Waals surface area contributed by atoms with Crippen molar-refractivity contribution in [1.82, 2.24) is 16.0 Å². The van der Waals surface area contributed by atoms with Gasteiger partial charge in [0.05, 0.1) is 65.0 Å². The first-order valence-electron chi connectivity index (χ1n) is 12.8. The third-order valence-corrected chi connectivity index (χ3v) is 4.73. The van der Waals surface area contributed by atoms with Crippen LogP contribution in [0.2, 0.25) is 0 Å². The summed E-state index contributed by atoms with van der Waals surface area (Å²) in [4.78, 5) is 35.6. The quantitative estimate of drug-likeness (QED) is 0.0585. The van der Waals surface area contributed by atoms with Gasteiger partial charge in [-0.2, -0.15) is 0 Å². The Hall–Kier alpha value is 1.44. The fourth-order valence-electron chi connectivity index (χ4n) is 2.81. The average molecular weight is 814 g/mol. The summed E-state index contributed by atoms with van der Waals surface area (Å²) >= 11 is 0. The first-order valence-corrected chi connectivity index (χ1v) is 12.8. The van der Waals surface area contributed by atoms with Gasteiger partial charge in [-0.3, -0.25) is 14.4 Å². The number of ether oxygens (including phenoxy) is 6. The molecule has 0 aliphatic carbocycles. The van der Waals surface area contributed by atoms with Gasteiger partial charge in [-0.05, 0) is 0 Å². The van der Waals surface area contributed by atoms with Crippen LogP contribution in [0.1, 0.15) is 19.3 Å². The average Bonchev–Trinajstić information content (AvgIpc) is 2.90. The maximum absolute atomic E-state index is 11.9. The summed E-state index contributed by atoms with van der Waals surface area (Å²) in [6.07, 6.45) is 0.453. The van der Waals surface area contributed by atoms with Gasteiger partial charge in [-0.1, -0.05) is 19.8 Å². The van der Waals surface area contributed by atoms with Gasteiger partial charge < -0.3 is 70.9 Å². The number of hydrogen-bond acceptors (Lipinski definition) is 10. The van der Waals surface area contributed by atoms with Gasteiger partial charge in [0.2, 0.25) is 17.7 Å². The molecule has 0 aromatic rings. The minimum atomic E-state index is -1.05. The molecule has 3 amide bonds. The molecule has 0 spiro atoms. The van der Waals surface area contributed by atoms with Gasteiger partial charge >= 0.3 is 0 Å². The molecule has 0 saturated heterocycles. The minimum Gasteiger partial charge on any atom is -0.412 e. The van der Waals surface area contributed by atoms with Crippen molar-refractivity contribution in [1.29, 1.82) is 0 Å². The monoisotopic (exact) mass is 814 g/mol. The molecule has 0 unspecified atom stereocenters. The molecule has 0 aliphatic rings. The molecule has 41 heavy (non-hydrogen) atoms. The SMILES string of the molecule is [CH2-]COCCNC(=O)CCOCC(N)(COCCC(=O)NCCOC[CH2-])COCCC(=O)NCCOC[CH2-].[Y].[Y].[Y]. The summed E-state index contributed by atoms with van der Waals surface area (Å²) in [5.74, 6) is -0.525. The van der Waals surface area contributed by atoms with E-state index in [4.69, 9.17) is 34.2 Å². The molecular formula is C25H47N4O9Y3-3. The largest absolute Gasteiger partial charge is 0.412 e. The number of carbonyl (C=O) groups is 3. The van der Waals surface area contributed by atoms with E-state index in [0.29, 0.717) is 59.3 Å². The first kappa shape index (κ1) is 49.3. The van der Waals surface area contributed by atoms with Crippen molar-refractivity contribution in [3.05, 3.63) is 20.8 Å². The van der Waals surface area contributed by atoms with Gasteiger partial charge in [0.1, 0.15) is 0 Å². The van der Waals surface area contributed by atoms with E-state index in [1.54, 1.807) is 0 Å². The Morgan fingerprint density at radius 3 is 1.02 bits per heavy atom. The molecule has 0 fully saturated rings. The fourth-order valence-corrected chi connectivity index (χ4v) is 2.81. The van der Waals surface area contributed by atoms with Crippen LogP contribution in [0.5, 0.6) is 0 Å². The van der Waals surface area contributed by atoms with E-state index in [0.717, 1.165) is 0 Å². The topological polar surface area (TPSA) is 169 Å². The molecule has 0 saturated carbocycles. The maximum Gasteiger partial charge on any atom is 0.222 e. The van der Waals surface area contributed by atoms with E-state index in [2.05, 4.69) is 36.7 Å². The minimum absolute atomic E-state index is 0. The molecule has 233 valence electrons. The zero-order valence-corrected chi connectivity index (χ0v) is 32.8. The summed E-state index contributed by atoms with van der Waals surface area (Å²) in [6.45, 7) is 14.6. The Bertz CT molecular complexity index is 548. The summed E-state index contributed by atoms with van der Waals surface area (Å²) < 4.78 is 32.1. The van der Waals surface area contributed by atoms with Crippen LogP contribution in [0.4, 0.5) is 0 Å². The number of hydrogen-bond donors (Lipinski definition) is 4. The van der Waals surface area contributed by atoms with Crippen LogP contribution in [-0.4, -0.2) is 122 Å². The zero-order chi connectivity index (χ0) is 28.3. The molecule has 0 aliphatic heterocycles. The van der Waals surface area contributed by atoms with Crippen molar-refractivity contribution in [3.63, 3.8) is 0 Å². The Morgan fingerprint density at radius 1 is 0.512 bits per heavy atom. The second-order valence-corrected chi connectivity index (χ2v) is 8.16. The Morgan fingerprint density at radius 2 is 0.780 bits per heavy atom. The summed E-state index contributed by atoms with van der Waals surface area (Å²) in [7, 11) is 0. The third kappa shape index (κ3) is 34.2. The number of rotatable bonds is 27. The maximum atomic E-state index is 11.9. The normalized spacial score (nSPS) is 10.5. The van der Waals surface area contributed by atoms with Crippen molar-refractivity contribution in [2.45, 2.75) is 24.8 Å². The third-order valence-electron chi connectivity index (χ3n) is 4.73. The molecule has 13 nitrogen and oxygen atoms in total. The molecule has 5 N–H and O–H groups in total. The molecule has 0 rings (SSSR count). The van der Waals surface area contributed by atoms with Crippen LogP contribution < -0.4 is 21.7 Å². The van der Waals surface area contributed by atoms with Crippen molar-refractivity contribution in [2.24, 2.45) is 5.73 Å². The van der Waals surface area contributed by atoms with Gasteiger partial charge in [0, 0.05) is 137 Å². The molecular weight excluding hydrogens is 767 g/mol. The predicted molar refractivity (Wildman–Crippen MR) is 141 cm³/mol. The Kier molecular flexibility index (Phi) is 43.2. The van der Waals surface area contributed by atoms with Gasteiger partial charge in [0.15, 0.2) is 0 Å². The van der Waals surface area contributed by atoms with E-state index in [1.807, 2.05) is 0 Å². The van der Waals surface area contributed by atoms with Crippen LogP contribution in [0, 0.1) is 20.8 Å². The molecule has 16 heteroatoms. The molecule has 0 heterocycles. The molecule has 0 aromatic carbocycles. The van der Waals surface area contributed by atoms with Crippen molar-refractivity contribution in [2.75, 3.05) is 98.9 Å². The molecule has 0 aromatic heterocycles. The standard InChI is InChI=1S/C25H47N4O9.3Y/c1-4-33-16-10-27-22(30)7-13-36-19-25(26,20-37-14-8-23(31)28-11-17-34-5-2)21-38-15-9-24(32)29-12-18-35-6-3;;;/h1-21,26H2,(H,27,30)(H,28,31)(H,29,32);;;/q-3;;;. The van der Waals surface area contributed by atoms with E-state index < -0.39 is 5.54 Å². The van der Waals surface area contributed by atoms with E-state index >= 15 is 0 Å². The van der Waals surface area contributed by atoms with Crippen LogP contribution in [0.3, 0.4) is 0 Å². The molecule has 3 radical (unpaired) electrons. The van der Waals surface area contributed by atoms with Crippen LogP contribution in [0.25, 0.3) is 0 Å². The Balaban J connectivity index is -0.00000228. The van der Waals surface area contributed by atoms with E-state index in [9.17, 15) is 14.4 Å². The van der Waals surface area contributed by atoms with Crippen molar-refractivity contribution < 1.29 is 141 Å². The van der Waals surface area contributed by atoms with Crippen molar-refractivity contribution in [3.8, 4) is 0 Å². The van der Waals surface area contributed by atoms with E-state index in [-0.39, 0.29) is 175 Å². The molecule has 0 bridgehead atoms. The zero-order valence-electron chi connectivity index (χ0n) is 24.3. The number of nitrogens with one attached hydrogen (secondary N) is 3. The second kappa shape index (κ2) is 35.9. The van der Waals surface area contributed by atoms with Gasteiger partial charge in [0.25, 0.3) is 0 Å². The van der Waals surface area contributed by atoms with E-state index in [1.165, 1.54) is 0 Å². The van der Waals surface area contributed by atoms with Gasteiger partial charge in [-0.25, -0.2) is 0 Å². The van der Waals surface area contributed by atoms with Gasteiger partial charge in [-0.15, -0.1) is 0 Å². The molecule has 0 atom stereocenters. The summed E-state index contributed by atoms with van der Waals surface area (Å²) in [5.41, 5.74) is 5.40. The van der Waals surface area contributed by atoms with Crippen LogP contribution in [-0.2, 0) is 141 Å². The Labute approximate surface area is 321 Å². The number of amides is 3. The van der Waals surface area contributed by atoms with Crippen molar-refractivity contribution >= 4 is 17.7 Å².